The maximum atomic E-state index is 12.9. The fourth-order valence-corrected chi connectivity index (χ4v) is 1.11. The molecule has 2 N–H and O–H groups in total. The van der Waals surface area contributed by atoms with Gasteiger partial charge >= 0.3 is 0 Å². The molecular formula is C12H14FNO. The van der Waals surface area contributed by atoms with E-state index in [-0.39, 0.29) is 5.82 Å². The minimum atomic E-state index is -0.310. The first-order valence-electron chi connectivity index (χ1n) is 4.89. The zero-order valence-corrected chi connectivity index (χ0v) is 8.72. The van der Waals surface area contributed by atoms with Gasteiger partial charge in [-0.1, -0.05) is 11.8 Å². The smallest absolute Gasteiger partial charge is 0.135 e. The molecule has 0 aliphatic rings. The van der Waals surface area contributed by atoms with Crippen molar-refractivity contribution in [3.63, 3.8) is 0 Å². The van der Waals surface area contributed by atoms with Gasteiger partial charge in [0, 0.05) is 13.0 Å². The molecule has 0 saturated carbocycles. The molecular weight excluding hydrogens is 193 g/mol. The second kappa shape index (κ2) is 6.05. The molecule has 1 aromatic rings. The summed E-state index contributed by atoms with van der Waals surface area (Å²) in [6.45, 7) is 2.92. The predicted molar refractivity (Wildman–Crippen MR) is 58.1 cm³/mol. The van der Waals surface area contributed by atoms with E-state index in [9.17, 15) is 4.39 Å². The van der Waals surface area contributed by atoms with Crippen LogP contribution in [0.1, 0.15) is 18.9 Å². The van der Waals surface area contributed by atoms with Gasteiger partial charge in [-0.25, -0.2) is 4.39 Å². The number of nitrogens with two attached hydrogens (primary N) is 1. The standard InChI is InChI=1S/C12H14FNO/c1-2-15-12-7-6-11(13)9-10(12)5-3-4-8-14/h6-7,9H,2,4,8,14H2,1H3. The average molecular weight is 207 g/mol. The van der Waals surface area contributed by atoms with Crippen LogP contribution in [0.25, 0.3) is 0 Å². The Labute approximate surface area is 89.2 Å². The third-order valence-electron chi connectivity index (χ3n) is 1.73. The third-order valence-corrected chi connectivity index (χ3v) is 1.73. The molecule has 0 aliphatic carbocycles. The summed E-state index contributed by atoms with van der Waals surface area (Å²) in [6, 6.07) is 4.32. The Morgan fingerprint density at radius 3 is 2.93 bits per heavy atom. The van der Waals surface area contributed by atoms with Crippen LogP contribution in [0.5, 0.6) is 5.75 Å². The van der Waals surface area contributed by atoms with Crippen LogP contribution in [-0.4, -0.2) is 13.2 Å². The van der Waals surface area contributed by atoms with Crippen LogP contribution in [0.15, 0.2) is 18.2 Å². The van der Waals surface area contributed by atoms with Gasteiger partial charge in [-0.15, -0.1) is 0 Å². The highest BCUT2D eigenvalue weighted by Gasteiger charge is 2.01. The van der Waals surface area contributed by atoms with E-state index in [0.717, 1.165) is 0 Å². The molecule has 0 aliphatic heterocycles. The summed E-state index contributed by atoms with van der Waals surface area (Å²) < 4.78 is 18.3. The van der Waals surface area contributed by atoms with E-state index in [0.29, 0.717) is 30.9 Å². The zero-order chi connectivity index (χ0) is 11.1. The van der Waals surface area contributed by atoms with E-state index in [1.807, 2.05) is 6.92 Å². The summed E-state index contributed by atoms with van der Waals surface area (Å²) >= 11 is 0. The van der Waals surface area contributed by atoms with E-state index >= 15 is 0 Å². The second-order valence-electron chi connectivity index (χ2n) is 2.91. The monoisotopic (exact) mass is 207 g/mol. The second-order valence-corrected chi connectivity index (χ2v) is 2.91. The lowest BCUT2D eigenvalue weighted by molar-refractivity contribution is 0.338. The van der Waals surface area contributed by atoms with Gasteiger partial charge in [0.2, 0.25) is 0 Å². The lowest BCUT2D eigenvalue weighted by Gasteiger charge is -2.05. The number of ether oxygens (including phenoxy) is 1. The molecule has 0 radical (unpaired) electrons. The predicted octanol–water partition coefficient (Wildman–Crippen LogP) is 1.92. The highest BCUT2D eigenvalue weighted by molar-refractivity contribution is 5.46. The fourth-order valence-electron chi connectivity index (χ4n) is 1.11. The fraction of sp³-hybridized carbons (Fsp3) is 0.333. The third kappa shape index (κ3) is 3.61. The summed E-state index contributed by atoms with van der Waals surface area (Å²) in [5, 5.41) is 0. The first-order chi connectivity index (χ1) is 7.27. The maximum Gasteiger partial charge on any atom is 0.135 e. The normalized spacial score (nSPS) is 9.27. The molecule has 2 nitrogen and oxygen atoms in total. The largest absolute Gasteiger partial charge is 0.493 e. The van der Waals surface area contributed by atoms with E-state index < -0.39 is 0 Å². The SMILES string of the molecule is CCOc1ccc(F)cc1C#CCCN. The van der Waals surface area contributed by atoms with Gasteiger partial charge in [-0.3, -0.25) is 0 Å². The van der Waals surface area contributed by atoms with Crippen molar-refractivity contribution < 1.29 is 9.13 Å². The van der Waals surface area contributed by atoms with Gasteiger partial charge in [0.15, 0.2) is 0 Å². The molecule has 15 heavy (non-hydrogen) atoms. The summed E-state index contributed by atoms with van der Waals surface area (Å²) in [4.78, 5) is 0. The van der Waals surface area contributed by atoms with Crippen LogP contribution in [0.2, 0.25) is 0 Å². The Kier molecular flexibility index (Phi) is 4.65. The van der Waals surface area contributed by atoms with Gasteiger partial charge in [0.25, 0.3) is 0 Å². The molecule has 3 heteroatoms. The van der Waals surface area contributed by atoms with Gasteiger partial charge in [0.1, 0.15) is 11.6 Å². The number of benzene rings is 1. The van der Waals surface area contributed by atoms with Crippen molar-refractivity contribution in [3.8, 4) is 17.6 Å². The molecule has 0 unspecified atom stereocenters. The summed E-state index contributed by atoms with van der Waals surface area (Å²) in [7, 11) is 0. The molecule has 1 rings (SSSR count). The minimum absolute atomic E-state index is 0.310. The van der Waals surface area contributed by atoms with Crippen LogP contribution in [0.4, 0.5) is 4.39 Å². The molecule has 80 valence electrons. The van der Waals surface area contributed by atoms with Gasteiger partial charge < -0.3 is 10.5 Å². The Morgan fingerprint density at radius 1 is 1.47 bits per heavy atom. The van der Waals surface area contributed by atoms with Gasteiger partial charge in [-0.2, -0.15) is 0 Å². The molecule has 0 fully saturated rings. The van der Waals surface area contributed by atoms with Crippen molar-refractivity contribution in [2.24, 2.45) is 5.73 Å². The average Bonchev–Trinajstić information content (AvgIpc) is 2.22. The quantitative estimate of drug-likeness (QED) is 0.768. The Morgan fingerprint density at radius 2 is 2.27 bits per heavy atom. The lowest BCUT2D eigenvalue weighted by Crippen LogP contribution is -1.96. The molecule has 1 aromatic carbocycles. The summed E-state index contributed by atoms with van der Waals surface area (Å²) in [6.07, 6.45) is 0.599. The summed E-state index contributed by atoms with van der Waals surface area (Å²) in [5.41, 5.74) is 5.89. The van der Waals surface area contributed by atoms with Crippen molar-refractivity contribution in [2.45, 2.75) is 13.3 Å². The van der Waals surface area contributed by atoms with Crippen molar-refractivity contribution in [1.82, 2.24) is 0 Å². The number of halogens is 1. The van der Waals surface area contributed by atoms with Crippen LogP contribution in [0, 0.1) is 17.7 Å². The summed E-state index contributed by atoms with van der Waals surface area (Å²) in [5.74, 6) is 6.01. The maximum absolute atomic E-state index is 12.9. The van der Waals surface area contributed by atoms with Crippen LogP contribution in [0.3, 0.4) is 0 Å². The van der Waals surface area contributed by atoms with Crippen LogP contribution >= 0.6 is 0 Å². The molecule has 0 amide bonds. The highest BCUT2D eigenvalue weighted by atomic mass is 19.1. The molecule has 0 bridgehead atoms. The van der Waals surface area contributed by atoms with Gasteiger partial charge in [0.05, 0.1) is 12.2 Å². The number of rotatable bonds is 3. The molecule has 0 aromatic heterocycles. The molecule has 0 atom stereocenters. The van der Waals surface area contributed by atoms with E-state index in [4.69, 9.17) is 10.5 Å². The molecule has 0 spiro atoms. The minimum Gasteiger partial charge on any atom is -0.493 e. The Bertz CT molecular complexity index is 379. The van der Waals surface area contributed by atoms with E-state index in [1.54, 1.807) is 6.07 Å². The number of hydrogen-bond acceptors (Lipinski definition) is 2. The van der Waals surface area contributed by atoms with Crippen LogP contribution in [-0.2, 0) is 0 Å². The van der Waals surface area contributed by atoms with E-state index in [2.05, 4.69) is 11.8 Å². The van der Waals surface area contributed by atoms with Crippen molar-refractivity contribution in [3.05, 3.63) is 29.6 Å². The van der Waals surface area contributed by atoms with Crippen molar-refractivity contribution >= 4 is 0 Å². The first-order valence-corrected chi connectivity index (χ1v) is 4.89. The lowest BCUT2D eigenvalue weighted by atomic mass is 10.2. The van der Waals surface area contributed by atoms with Crippen molar-refractivity contribution in [1.29, 1.82) is 0 Å². The van der Waals surface area contributed by atoms with Crippen LogP contribution < -0.4 is 10.5 Å². The van der Waals surface area contributed by atoms with Crippen molar-refractivity contribution in [2.75, 3.05) is 13.2 Å². The zero-order valence-electron chi connectivity index (χ0n) is 8.72. The first kappa shape index (κ1) is 11.5. The highest BCUT2D eigenvalue weighted by Crippen LogP contribution is 2.18. The Hall–Kier alpha value is -1.53. The van der Waals surface area contributed by atoms with Gasteiger partial charge in [-0.05, 0) is 25.1 Å². The Balaban J connectivity index is 2.92. The molecule has 0 saturated heterocycles. The molecule has 0 heterocycles. The van der Waals surface area contributed by atoms with E-state index in [1.165, 1.54) is 12.1 Å². The number of hydrogen-bond donors (Lipinski definition) is 1. The topological polar surface area (TPSA) is 35.2 Å².